The Balaban J connectivity index is 2.85. The van der Waals surface area contributed by atoms with Crippen molar-refractivity contribution in [2.75, 3.05) is 6.61 Å². The Bertz CT molecular complexity index is 255. The zero-order valence-corrected chi connectivity index (χ0v) is 11.7. The van der Waals surface area contributed by atoms with E-state index in [9.17, 15) is 4.79 Å². The Kier molecular flexibility index (Phi) is 5.44. The van der Waals surface area contributed by atoms with Crippen molar-refractivity contribution >= 4 is 5.97 Å². The van der Waals surface area contributed by atoms with Crippen LogP contribution in [0.4, 0.5) is 0 Å². The SMILES string of the molecule is CCOC(=O)C1(NC(C)CC)CCCCC1C. The van der Waals surface area contributed by atoms with E-state index < -0.39 is 5.54 Å². The Labute approximate surface area is 105 Å². The van der Waals surface area contributed by atoms with Gasteiger partial charge in [-0.2, -0.15) is 0 Å². The number of hydrogen-bond donors (Lipinski definition) is 1. The van der Waals surface area contributed by atoms with Crippen LogP contribution in [0.5, 0.6) is 0 Å². The average molecular weight is 241 g/mol. The summed E-state index contributed by atoms with van der Waals surface area (Å²) in [7, 11) is 0. The van der Waals surface area contributed by atoms with E-state index in [1.54, 1.807) is 0 Å². The first-order valence-corrected chi connectivity index (χ1v) is 7.01. The van der Waals surface area contributed by atoms with E-state index in [4.69, 9.17) is 4.74 Å². The molecule has 3 heteroatoms. The van der Waals surface area contributed by atoms with E-state index in [-0.39, 0.29) is 5.97 Å². The van der Waals surface area contributed by atoms with Crippen LogP contribution in [0.15, 0.2) is 0 Å². The normalized spacial score (nSPS) is 30.9. The summed E-state index contributed by atoms with van der Waals surface area (Å²) in [5.41, 5.74) is -0.441. The summed E-state index contributed by atoms with van der Waals surface area (Å²) in [6, 6.07) is 0.361. The van der Waals surface area contributed by atoms with Crippen molar-refractivity contribution in [3.63, 3.8) is 0 Å². The standard InChI is InChI=1S/C14H27NO2/c1-5-12(4)15-14(13(16)17-6-2)10-8-7-9-11(14)3/h11-12,15H,5-10H2,1-4H3. The topological polar surface area (TPSA) is 38.3 Å². The molecule has 1 saturated carbocycles. The van der Waals surface area contributed by atoms with Crippen LogP contribution in [0.1, 0.15) is 59.8 Å². The Morgan fingerprint density at radius 1 is 1.47 bits per heavy atom. The van der Waals surface area contributed by atoms with Crippen molar-refractivity contribution in [3.8, 4) is 0 Å². The van der Waals surface area contributed by atoms with Crippen molar-refractivity contribution < 1.29 is 9.53 Å². The lowest BCUT2D eigenvalue weighted by Crippen LogP contribution is -2.61. The fourth-order valence-electron chi connectivity index (χ4n) is 2.73. The molecule has 0 bridgehead atoms. The number of ether oxygens (including phenoxy) is 1. The predicted molar refractivity (Wildman–Crippen MR) is 69.9 cm³/mol. The van der Waals surface area contributed by atoms with E-state index >= 15 is 0 Å². The molecule has 1 rings (SSSR count). The lowest BCUT2D eigenvalue weighted by atomic mass is 9.73. The fraction of sp³-hybridized carbons (Fsp3) is 0.929. The molecule has 0 amide bonds. The molecule has 0 radical (unpaired) electrons. The molecule has 0 aliphatic heterocycles. The minimum Gasteiger partial charge on any atom is -0.465 e. The number of carbonyl (C=O) groups excluding carboxylic acids is 1. The van der Waals surface area contributed by atoms with Crippen LogP contribution < -0.4 is 5.32 Å². The Hall–Kier alpha value is -0.570. The summed E-state index contributed by atoms with van der Waals surface area (Å²) < 4.78 is 5.30. The predicted octanol–water partition coefficient (Wildman–Crippen LogP) is 2.89. The van der Waals surface area contributed by atoms with Crippen molar-refractivity contribution in [3.05, 3.63) is 0 Å². The number of hydrogen-bond acceptors (Lipinski definition) is 3. The minimum absolute atomic E-state index is 0.0486. The number of esters is 1. The van der Waals surface area contributed by atoms with Crippen LogP contribution in [0.3, 0.4) is 0 Å². The van der Waals surface area contributed by atoms with E-state index in [1.165, 1.54) is 6.42 Å². The van der Waals surface area contributed by atoms with Gasteiger partial charge in [0.05, 0.1) is 6.61 Å². The summed E-state index contributed by atoms with van der Waals surface area (Å²) >= 11 is 0. The second kappa shape index (κ2) is 6.39. The maximum absolute atomic E-state index is 12.3. The van der Waals surface area contributed by atoms with Crippen LogP contribution in [-0.4, -0.2) is 24.2 Å². The zero-order valence-electron chi connectivity index (χ0n) is 11.7. The van der Waals surface area contributed by atoms with Crippen LogP contribution in [-0.2, 0) is 9.53 Å². The Morgan fingerprint density at radius 2 is 2.18 bits per heavy atom. The summed E-state index contributed by atoms with van der Waals surface area (Å²) in [4.78, 5) is 12.3. The molecule has 0 aromatic carbocycles. The maximum Gasteiger partial charge on any atom is 0.326 e. The lowest BCUT2D eigenvalue weighted by Gasteiger charge is -2.42. The highest BCUT2D eigenvalue weighted by Gasteiger charge is 2.46. The van der Waals surface area contributed by atoms with Gasteiger partial charge in [0.25, 0.3) is 0 Å². The maximum atomic E-state index is 12.3. The molecule has 0 aromatic heterocycles. The van der Waals surface area contributed by atoms with Crippen molar-refractivity contribution in [2.45, 2.75) is 71.4 Å². The summed E-state index contributed by atoms with van der Waals surface area (Å²) in [5.74, 6) is 0.316. The highest BCUT2D eigenvalue weighted by atomic mass is 16.5. The van der Waals surface area contributed by atoms with Gasteiger partial charge < -0.3 is 4.74 Å². The minimum atomic E-state index is -0.441. The molecule has 17 heavy (non-hydrogen) atoms. The van der Waals surface area contributed by atoms with Gasteiger partial charge >= 0.3 is 5.97 Å². The Morgan fingerprint density at radius 3 is 2.71 bits per heavy atom. The highest BCUT2D eigenvalue weighted by molar-refractivity contribution is 5.81. The first kappa shape index (κ1) is 14.5. The summed E-state index contributed by atoms with van der Waals surface area (Å²) in [5, 5.41) is 3.54. The number of nitrogens with one attached hydrogen (secondary N) is 1. The van der Waals surface area contributed by atoms with E-state index in [0.29, 0.717) is 18.6 Å². The monoisotopic (exact) mass is 241 g/mol. The van der Waals surface area contributed by atoms with Gasteiger partial charge in [0.1, 0.15) is 5.54 Å². The third kappa shape index (κ3) is 3.21. The third-order valence-electron chi connectivity index (χ3n) is 4.06. The smallest absolute Gasteiger partial charge is 0.326 e. The molecule has 1 N–H and O–H groups in total. The van der Waals surface area contributed by atoms with Crippen LogP contribution in [0, 0.1) is 5.92 Å². The molecule has 3 nitrogen and oxygen atoms in total. The van der Waals surface area contributed by atoms with Crippen molar-refractivity contribution in [2.24, 2.45) is 5.92 Å². The molecule has 0 heterocycles. The van der Waals surface area contributed by atoms with Gasteiger partial charge in [-0.25, -0.2) is 0 Å². The van der Waals surface area contributed by atoms with Gasteiger partial charge in [0, 0.05) is 6.04 Å². The van der Waals surface area contributed by atoms with E-state index in [1.807, 2.05) is 6.92 Å². The number of rotatable bonds is 5. The molecule has 0 spiro atoms. The second-order valence-corrected chi connectivity index (χ2v) is 5.29. The first-order valence-electron chi connectivity index (χ1n) is 7.01. The van der Waals surface area contributed by atoms with Crippen LogP contribution in [0.25, 0.3) is 0 Å². The average Bonchev–Trinajstić information content (AvgIpc) is 2.32. The molecule has 100 valence electrons. The van der Waals surface area contributed by atoms with Crippen molar-refractivity contribution in [1.82, 2.24) is 5.32 Å². The van der Waals surface area contributed by atoms with Gasteiger partial charge in [-0.3, -0.25) is 10.1 Å². The van der Waals surface area contributed by atoms with E-state index in [2.05, 4.69) is 26.1 Å². The highest BCUT2D eigenvalue weighted by Crippen LogP contribution is 2.35. The molecule has 1 fully saturated rings. The molecule has 1 aliphatic rings. The largest absolute Gasteiger partial charge is 0.465 e. The van der Waals surface area contributed by atoms with Gasteiger partial charge in [-0.15, -0.1) is 0 Å². The summed E-state index contributed by atoms with van der Waals surface area (Å²) in [6.45, 7) is 8.80. The zero-order chi connectivity index (χ0) is 12.9. The van der Waals surface area contributed by atoms with E-state index in [0.717, 1.165) is 25.7 Å². The molecular weight excluding hydrogens is 214 g/mol. The van der Waals surface area contributed by atoms with Crippen LogP contribution in [0.2, 0.25) is 0 Å². The molecule has 3 unspecified atom stereocenters. The first-order chi connectivity index (χ1) is 8.06. The third-order valence-corrected chi connectivity index (χ3v) is 4.06. The van der Waals surface area contributed by atoms with Crippen molar-refractivity contribution in [1.29, 1.82) is 0 Å². The van der Waals surface area contributed by atoms with Crippen LogP contribution >= 0.6 is 0 Å². The number of carbonyl (C=O) groups is 1. The lowest BCUT2D eigenvalue weighted by molar-refractivity contribution is -0.156. The molecular formula is C14H27NO2. The molecule has 1 aliphatic carbocycles. The fourth-order valence-corrected chi connectivity index (χ4v) is 2.73. The summed E-state index contributed by atoms with van der Waals surface area (Å²) in [6.07, 6.45) is 5.41. The van der Waals surface area contributed by atoms with Gasteiger partial charge in [-0.05, 0) is 39.0 Å². The molecule has 0 saturated heterocycles. The molecule has 0 aromatic rings. The van der Waals surface area contributed by atoms with Gasteiger partial charge in [0.2, 0.25) is 0 Å². The second-order valence-electron chi connectivity index (χ2n) is 5.29. The van der Waals surface area contributed by atoms with Gasteiger partial charge in [-0.1, -0.05) is 26.7 Å². The quantitative estimate of drug-likeness (QED) is 0.752. The van der Waals surface area contributed by atoms with Gasteiger partial charge in [0.15, 0.2) is 0 Å². The molecule has 3 atom stereocenters.